The van der Waals surface area contributed by atoms with E-state index in [1.807, 2.05) is 25.4 Å². The monoisotopic (exact) mass is 227 g/mol. The lowest BCUT2D eigenvalue weighted by Crippen LogP contribution is -2.06. The molecule has 2 N–H and O–H groups in total. The van der Waals surface area contributed by atoms with Crippen molar-refractivity contribution >= 4 is 22.9 Å². The third-order valence-corrected chi connectivity index (χ3v) is 3.17. The number of hydrogen-bond acceptors (Lipinski definition) is 3. The van der Waals surface area contributed by atoms with Crippen LogP contribution in [0, 0.1) is 0 Å². The van der Waals surface area contributed by atoms with E-state index < -0.39 is 0 Å². The highest BCUT2D eigenvalue weighted by molar-refractivity contribution is 7.19. The fraction of sp³-hybridized carbons (Fsp3) is 0.222. The summed E-state index contributed by atoms with van der Waals surface area (Å²) in [5.74, 6) is 0. The number of aromatic nitrogens is 2. The van der Waals surface area contributed by atoms with Crippen molar-refractivity contribution in [2.45, 2.75) is 6.54 Å². The number of hydrogen-bond donors (Lipinski definition) is 2. The van der Waals surface area contributed by atoms with Crippen LogP contribution in [0.4, 0.5) is 0 Å². The summed E-state index contributed by atoms with van der Waals surface area (Å²) in [4.78, 5) is 1.15. The molecule has 0 amide bonds. The van der Waals surface area contributed by atoms with Gasteiger partial charge >= 0.3 is 0 Å². The molecule has 3 nitrogen and oxygen atoms in total. The quantitative estimate of drug-likeness (QED) is 0.846. The summed E-state index contributed by atoms with van der Waals surface area (Å²) < 4.78 is 0.802. The topological polar surface area (TPSA) is 40.7 Å². The molecule has 74 valence electrons. The van der Waals surface area contributed by atoms with E-state index in [0.717, 1.165) is 27.0 Å². The SMILES string of the molecule is CNCc1[nH]ncc1-c1ccc(Cl)s1. The molecule has 0 aliphatic rings. The molecule has 0 saturated carbocycles. The summed E-state index contributed by atoms with van der Waals surface area (Å²) in [5, 5.41) is 10.1. The molecule has 0 unspecified atom stereocenters. The normalized spacial score (nSPS) is 10.7. The molecule has 0 saturated heterocycles. The minimum absolute atomic E-state index is 0.783. The molecule has 0 bridgehead atoms. The standard InChI is InChI=1S/C9H10ClN3S/c1-11-5-7-6(4-12-13-7)8-2-3-9(10)14-8/h2-4,11H,5H2,1H3,(H,12,13). The Morgan fingerprint density at radius 1 is 1.57 bits per heavy atom. The Kier molecular flexibility index (Phi) is 2.86. The molecule has 0 fully saturated rings. The molecule has 14 heavy (non-hydrogen) atoms. The highest BCUT2D eigenvalue weighted by Gasteiger charge is 2.08. The van der Waals surface area contributed by atoms with Gasteiger partial charge in [0.15, 0.2) is 0 Å². The lowest BCUT2D eigenvalue weighted by molar-refractivity contribution is 0.785. The Labute approximate surface area is 91.1 Å². The van der Waals surface area contributed by atoms with E-state index in [1.165, 1.54) is 0 Å². The maximum Gasteiger partial charge on any atom is 0.0934 e. The number of H-pyrrole nitrogens is 1. The zero-order chi connectivity index (χ0) is 9.97. The average molecular weight is 228 g/mol. The first-order valence-electron chi connectivity index (χ1n) is 4.24. The van der Waals surface area contributed by atoms with Crippen molar-refractivity contribution in [1.82, 2.24) is 15.5 Å². The summed E-state index contributed by atoms with van der Waals surface area (Å²) in [6.45, 7) is 0.783. The van der Waals surface area contributed by atoms with Crippen molar-refractivity contribution in [2.24, 2.45) is 0 Å². The largest absolute Gasteiger partial charge is 0.314 e. The molecule has 2 aromatic heterocycles. The van der Waals surface area contributed by atoms with E-state index in [1.54, 1.807) is 11.3 Å². The Bertz CT molecular complexity index is 421. The molecule has 0 spiro atoms. The zero-order valence-electron chi connectivity index (χ0n) is 7.67. The lowest BCUT2D eigenvalue weighted by Gasteiger charge is -1.98. The summed E-state index contributed by atoms with van der Waals surface area (Å²) in [6.07, 6.45) is 1.83. The van der Waals surface area contributed by atoms with Gasteiger partial charge in [0.05, 0.1) is 16.2 Å². The minimum Gasteiger partial charge on any atom is -0.314 e. The maximum absolute atomic E-state index is 5.88. The predicted octanol–water partition coefficient (Wildman–Crippen LogP) is 2.51. The fourth-order valence-corrected chi connectivity index (χ4v) is 2.38. The van der Waals surface area contributed by atoms with Gasteiger partial charge in [0, 0.05) is 17.0 Å². The maximum atomic E-state index is 5.88. The van der Waals surface area contributed by atoms with Crippen molar-refractivity contribution in [3.05, 3.63) is 28.4 Å². The van der Waals surface area contributed by atoms with Crippen LogP contribution in [-0.4, -0.2) is 17.2 Å². The molecule has 2 rings (SSSR count). The van der Waals surface area contributed by atoms with Crippen LogP contribution >= 0.6 is 22.9 Å². The van der Waals surface area contributed by atoms with Gasteiger partial charge in [-0.15, -0.1) is 11.3 Å². The summed E-state index contributed by atoms with van der Waals surface area (Å²) >= 11 is 7.44. The average Bonchev–Trinajstić information content (AvgIpc) is 2.74. The molecular weight excluding hydrogens is 218 g/mol. The van der Waals surface area contributed by atoms with Crippen LogP contribution in [0.3, 0.4) is 0 Å². The van der Waals surface area contributed by atoms with Crippen molar-refractivity contribution in [2.75, 3.05) is 7.05 Å². The van der Waals surface area contributed by atoms with E-state index in [9.17, 15) is 0 Å². The first-order valence-corrected chi connectivity index (χ1v) is 5.43. The molecular formula is C9H10ClN3S. The molecule has 0 aromatic carbocycles. The highest BCUT2D eigenvalue weighted by Crippen LogP contribution is 2.32. The number of halogens is 1. The molecule has 0 aliphatic heterocycles. The van der Waals surface area contributed by atoms with Crippen LogP contribution in [0.2, 0.25) is 4.34 Å². The summed E-state index contributed by atoms with van der Waals surface area (Å²) in [6, 6.07) is 3.91. The molecule has 5 heteroatoms. The first-order chi connectivity index (χ1) is 6.81. The first kappa shape index (κ1) is 9.71. The van der Waals surface area contributed by atoms with Gasteiger partial charge in [0.1, 0.15) is 0 Å². The molecule has 0 aliphatic carbocycles. The minimum atomic E-state index is 0.783. The van der Waals surface area contributed by atoms with Gasteiger partial charge in [-0.05, 0) is 19.2 Å². The van der Waals surface area contributed by atoms with Crippen LogP contribution in [0.1, 0.15) is 5.69 Å². The van der Waals surface area contributed by atoms with Gasteiger partial charge < -0.3 is 5.32 Å². The van der Waals surface area contributed by atoms with E-state index >= 15 is 0 Å². The van der Waals surface area contributed by atoms with Crippen molar-refractivity contribution in [3.8, 4) is 10.4 Å². The Morgan fingerprint density at radius 2 is 2.43 bits per heavy atom. The second-order valence-electron chi connectivity index (χ2n) is 2.90. The fourth-order valence-electron chi connectivity index (χ4n) is 1.30. The molecule has 0 atom stereocenters. The van der Waals surface area contributed by atoms with E-state index in [4.69, 9.17) is 11.6 Å². The van der Waals surface area contributed by atoms with Crippen LogP contribution < -0.4 is 5.32 Å². The lowest BCUT2D eigenvalue weighted by atomic mass is 10.2. The van der Waals surface area contributed by atoms with Gasteiger partial charge in [-0.25, -0.2) is 0 Å². The third-order valence-electron chi connectivity index (χ3n) is 1.91. The van der Waals surface area contributed by atoms with Gasteiger partial charge in [-0.3, -0.25) is 5.10 Å². The van der Waals surface area contributed by atoms with Gasteiger partial charge in [-0.1, -0.05) is 11.6 Å². The smallest absolute Gasteiger partial charge is 0.0934 e. The van der Waals surface area contributed by atoms with Gasteiger partial charge in [-0.2, -0.15) is 5.10 Å². The summed E-state index contributed by atoms with van der Waals surface area (Å²) in [7, 11) is 1.91. The zero-order valence-corrected chi connectivity index (χ0v) is 9.25. The highest BCUT2D eigenvalue weighted by atomic mass is 35.5. The number of rotatable bonds is 3. The number of thiophene rings is 1. The Balaban J connectivity index is 2.36. The van der Waals surface area contributed by atoms with E-state index in [-0.39, 0.29) is 0 Å². The van der Waals surface area contributed by atoms with Crippen LogP contribution in [0.25, 0.3) is 10.4 Å². The second kappa shape index (κ2) is 4.13. The van der Waals surface area contributed by atoms with Gasteiger partial charge in [0.25, 0.3) is 0 Å². The van der Waals surface area contributed by atoms with Crippen LogP contribution in [0.5, 0.6) is 0 Å². The van der Waals surface area contributed by atoms with Gasteiger partial charge in [0.2, 0.25) is 0 Å². The van der Waals surface area contributed by atoms with E-state index in [0.29, 0.717) is 0 Å². The number of nitrogens with zero attached hydrogens (tertiary/aromatic N) is 1. The van der Waals surface area contributed by atoms with Crippen molar-refractivity contribution in [3.63, 3.8) is 0 Å². The Morgan fingerprint density at radius 3 is 3.07 bits per heavy atom. The molecule has 0 radical (unpaired) electrons. The van der Waals surface area contributed by atoms with Crippen molar-refractivity contribution in [1.29, 1.82) is 0 Å². The molecule has 2 heterocycles. The second-order valence-corrected chi connectivity index (χ2v) is 4.61. The number of nitrogens with one attached hydrogen (secondary N) is 2. The van der Waals surface area contributed by atoms with Crippen molar-refractivity contribution < 1.29 is 0 Å². The third kappa shape index (κ3) is 1.82. The Hall–Kier alpha value is -0.840. The van der Waals surface area contributed by atoms with Crippen LogP contribution in [-0.2, 0) is 6.54 Å². The predicted molar refractivity (Wildman–Crippen MR) is 59.7 cm³/mol. The van der Waals surface area contributed by atoms with E-state index in [2.05, 4.69) is 15.5 Å². The van der Waals surface area contributed by atoms with Crippen LogP contribution in [0.15, 0.2) is 18.3 Å². The molecule has 2 aromatic rings. The summed E-state index contributed by atoms with van der Waals surface area (Å²) in [5.41, 5.74) is 2.21. The number of aromatic amines is 1.